The molecule has 1 spiro atoms. The van der Waals surface area contributed by atoms with Crippen molar-refractivity contribution < 1.29 is 4.79 Å². The van der Waals surface area contributed by atoms with E-state index in [9.17, 15) is 4.79 Å². The number of benzene rings is 1. The van der Waals surface area contributed by atoms with Gasteiger partial charge in [-0.2, -0.15) is 0 Å². The lowest BCUT2D eigenvalue weighted by molar-refractivity contribution is -0.122. The molecular formula is C18H22N4O. The Morgan fingerprint density at radius 3 is 2.87 bits per heavy atom. The highest BCUT2D eigenvalue weighted by atomic mass is 16.2. The van der Waals surface area contributed by atoms with Crippen molar-refractivity contribution in [3.8, 4) is 0 Å². The van der Waals surface area contributed by atoms with Crippen LogP contribution in [0.4, 0.5) is 5.69 Å². The molecule has 0 atom stereocenters. The van der Waals surface area contributed by atoms with E-state index in [4.69, 9.17) is 0 Å². The van der Waals surface area contributed by atoms with Gasteiger partial charge < -0.3 is 15.2 Å². The minimum Gasteiger partial charge on any atom is -0.337 e. The number of amides is 1. The average Bonchev–Trinajstić information content (AvgIpc) is 3.10. The molecule has 0 bridgehead atoms. The predicted octanol–water partition coefficient (Wildman–Crippen LogP) is 2.34. The molecule has 5 heteroatoms. The molecule has 120 valence electrons. The summed E-state index contributed by atoms with van der Waals surface area (Å²) in [5.74, 6) is 0.184. The van der Waals surface area contributed by atoms with Crippen LogP contribution in [0.5, 0.6) is 0 Å². The van der Waals surface area contributed by atoms with Gasteiger partial charge in [0, 0.05) is 31.5 Å². The fourth-order valence-corrected chi connectivity index (χ4v) is 3.99. The van der Waals surface area contributed by atoms with Crippen molar-refractivity contribution in [2.45, 2.75) is 43.7 Å². The normalized spacial score (nSPS) is 26.3. The Bertz CT molecular complexity index is 728. The van der Waals surface area contributed by atoms with Crippen LogP contribution in [0.25, 0.3) is 0 Å². The van der Waals surface area contributed by atoms with Gasteiger partial charge in [0.15, 0.2) is 0 Å². The molecule has 1 fully saturated rings. The number of aryl methyl sites for hydroxylation is 1. The van der Waals surface area contributed by atoms with Gasteiger partial charge in [-0.15, -0.1) is 0 Å². The molecule has 2 N–H and O–H groups in total. The second-order valence-electron chi connectivity index (χ2n) is 6.73. The van der Waals surface area contributed by atoms with E-state index in [1.54, 1.807) is 0 Å². The van der Waals surface area contributed by atoms with Crippen molar-refractivity contribution in [2.75, 3.05) is 5.32 Å². The van der Waals surface area contributed by atoms with Crippen LogP contribution in [0, 0.1) is 0 Å². The summed E-state index contributed by atoms with van der Waals surface area (Å²) in [6, 6.07) is 8.61. The maximum Gasteiger partial charge on any atom is 0.235 e. The molecule has 1 aromatic heterocycles. The Balaban J connectivity index is 1.43. The SMILES string of the molecule is Cn1cncc1CNC1CCC2(CC1)C(=O)Nc1ccccc12. The summed E-state index contributed by atoms with van der Waals surface area (Å²) in [6.07, 6.45) is 7.61. The summed E-state index contributed by atoms with van der Waals surface area (Å²) < 4.78 is 2.04. The molecule has 2 aromatic rings. The predicted molar refractivity (Wildman–Crippen MR) is 89.1 cm³/mol. The molecule has 0 saturated heterocycles. The number of carbonyl (C=O) groups is 1. The van der Waals surface area contributed by atoms with Gasteiger partial charge in [-0.1, -0.05) is 18.2 Å². The van der Waals surface area contributed by atoms with Gasteiger partial charge in [0.1, 0.15) is 0 Å². The van der Waals surface area contributed by atoms with Crippen LogP contribution in [-0.2, 0) is 23.8 Å². The van der Waals surface area contributed by atoms with E-state index in [0.29, 0.717) is 6.04 Å². The number of nitrogens with one attached hydrogen (secondary N) is 2. The summed E-state index contributed by atoms with van der Waals surface area (Å²) in [7, 11) is 2.01. The number of nitrogens with zero attached hydrogens (tertiary/aromatic N) is 2. The Morgan fingerprint density at radius 2 is 2.13 bits per heavy atom. The second-order valence-corrected chi connectivity index (χ2v) is 6.73. The van der Waals surface area contributed by atoms with Gasteiger partial charge in [0.25, 0.3) is 0 Å². The first-order chi connectivity index (χ1) is 11.2. The zero-order valence-electron chi connectivity index (χ0n) is 13.4. The topological polar surface area (TPSA) is 59.0 Å². The Labute approximate surface area is 136 Å². The lowest BCUT2D eigenvalue weighted by atomic mass is 9.69. The van der Waals surface area contributed by atoms with Crippen LogP contribution in [0.2, 0.25) is 0 Å². The highest BCUT2D eigenvalue weighted by Crippen LogP contribution is 2.47. The first kappa shape index (κ1) is 14.5. The fourth-order valence-electron chi connectivity index (χ4n) is 3.99. The van der Waals surface area contributed by atoms with Crippen molar-refractivity contribution in [1.82, 2.24) is 14.9 Å². The molecule has 0 radical (unpaired) electrons. The summed E-state index contributed by atoms with van der Waals surface area (Å²) >= 11 is 0. The largest absolute Gasteiger partial charge is 0.337 e. The fraction of sp³-hybridized carbons (Fsp3) is 0.444. The number of imidazole rings is 1. The molecule has 0 unspecified atom stereocenters. The van der Waals surface area contributed by atoms with E-state index in [1.165, 1.54) is 11.3 Å². The number of anilines is 1. The van der Waals surface area contributed by atoms with Gasteiger partial charge in [0.2, 0.25) is 5.91 Å². The summed E-state index contributed by atoms with van der Waals surface area (Å²) in [6.45, 7) is 0.830. The van der Waals surface area contributed by atoms with Crippen molar-refractivity contribution in [3.05, 3.63) is 48.0 Å². The highest BCUT2D eigenvalue weighted by Gasteiger charge is 2.48. The summed E-state index contributed by atoms with van der Waals surface area (Å²) in [5.41, 5.74) is 3.07. The van der Waals surface area contributed by atoms with Gasteiger partial charge in [-0.3, -0.25) is 4.79 Å². The van der Waals surface area contributed by atoms with E-state index in [0.717, 1.165) is 37.9 Å². The van der Waals surface area contributed by atoms with Gasteiger partial charge in [-0.05, 0) is 37.3 Å². The molecular weight excluding hydrogens is 288 g/mol. The molecule has 2 aliphatic rings. The molecule has 2 heterocycles. The smallest absolute Gasteiger partial charge is 0.235 e. The third kappa shape index (κ3) is 2.36. The minimum absolute atomic E-state index is 0.184. The van der Waals surface area contributed by atoms with Crippen LogP contribution in [0.3, 0.4) is 0 Å². The Morgan fingerprint density at radius 1 is 1.35 bits per heavy atom. The highest BCUT2D eigenvalue weighted by molar-refractivity contribution is 6.06. The number of aromatic nitrogens is 2. The quantitative estimate of drug-likeness (QED) is 0.915. The van der Waals surface area contributed by atoms with E-state index in [2.05, 4.69) is 21.7 Å². The van der Waals surface area contributed by atoms with E-state index in [1.807, 2.05) is 42.3 Å². The van der Waals surface area contributed by atoms with Crippen LogP contribution < -0.4 is 10.6 Å². The number of hydrogen-bond acceptors (Lipinski definition) is 3. The Hall–Kier alpha value is -2.14. The lowest BCUT2D eigenvalue weighted by Crippen LogP contribution is -2.43. The zero-order chi connectivity index (χ0) is 15.9. The molecule has 23 heavy (non-hydrogen) atoms. The van der Waals surface area contributed by atoms with Crippen LogP contribution in [0.1, 0.15) is 36.9 Å². The van der Waals surface area contributed by atoms with Crippen molar-refractivity contribution >= 4 is 11.6 Å². The number of para-hydroxylation sites is 1. The van der Waals surface area contributed by atoms with Crippen LogP contribution in [0.15, 0.2) is 36.8 Å². The number of carbonyl (C=O) groups excluding carboxylic acids is 1. The van der Waals surface area contributed by atoms with Crippen molar-refractivity contribution in [1.29, 1.82) is 0 Å². The number of hydrogen-bond donors (Lipinski definition) is 2. The molecule has 5 nitrogen and oxygen atoms in total. The molecule has 1 amide bonds. The molecule has 1 aromatic carbocycles. The van der Waals surface area contributed by atoms with Crippen LogP contribution in [-0.4, -0.2) is 21.5 Å². The zero-order valence-corrected chi connectivity index (χ0v) is 13.4. The third-order valence-electron chi connectivity index (χ3n) is 5.45. The monoisotopic (exact) mass is 310 g/mol. The van der Waals surface area contributed by atoms with Crippen molar-refractivity contribution in [2.24, 2.45) is 7.05 Å². The first-order valence-electron chi connectivity index (χ1n) is 8.28. The van der Waals surface area contributed by atoms with E-state index < -0.39 is 0 Å². The maximum absolute atomic E-state index is 12.6. The van der Waals surface area contributed by atoms with Gasteiger partial charge in [0.05, 0.1) is 17.4 Å². The van der Waals surface area contributed by atoms with E-state index in [-0.39, 0.29) is 11.3 Å². The molecule has 4 rings (SSSR count). The van der Waals surface area contributed by atoms with Crippen LogP contribution >= 0.6 is 0 Å². The number of rotatable bonds is 3. The first-order valence-corrected chi connectivity index (χ1v) is 8.28. The van der Waals surface area contributed by atoms with E-state index >= 15 is 0 Å². The summed E-state index contributed by atoms with van der Waals surface area (Å²) in [5, 5.41) is 6.68. The lowest BCUT2D eigenvalue weighted by Gasteiger charge is -2.36. The van der Waals surface area contributed by atoms with Gasteiger partial charge >= 0.3 is 0 Å². The van der Waals surface area contributed by atoms with Crippen molar-refractivity contribution in [3.63, 3.8) is 0 Å². The molecule has 1 saturated carbocycles. The average molecular weight is 310 g/mol. The maximum atomic E-state index is 12.6. The summed E-state index contributed by atoms with van der Waals surface area (Å²) in [4.78, 5) is 16.7. The minimum atomic E-state index is -0.304. The number of fused-ring (bicyclic) bond motifs is 2. The molecule has 1 aliphatic heterocycles. The second kappa shape index (κ2) is 5.49. The van der Waals surface area contributed by atoms with Gasteiger partial charge in [-0.25, -0.2) is 4.98 Å². The standard InChI is InChI=1S/C18H22N4O/c1-22-12-19-10-14(22)11-20-13-6-8-18(9-7-13)15-4-2-3-5-16(15)21-17(18)23/h2-5,10,12-13,20H,6-9,11H2,1H3,(H,21,23). The molecule has 1 aliphatic carbocycles. The Kier molecular flexibility index (Phi) is 3.45. The third-order valence-corrected chi connectivity index (χ3v) is 5.45.